The van der Waals surface area contributed by atoms with Crippen LogP contribution in [0.25, 0.3) is 0 Å². The SMILES string of the molecule is CS(=O)(=O)c1ccc(Sc2ncc(N)cc2C(N)=O)cc1. The second-order valence-electron chi connectivity index (χ2n) is 4.33. The zero-order chi connectivity index (χ0) is 15.6. The van der Waals surface area contributed by atoms with E-state index < -0.39 is 15.7 Å². The van der Waals surface area contributed by atoms with Crippen molar-refractivity contribution < 1.29 is 13.2 Å². The average Bonchev–Trinajstić information content (AvgIpc) is 2.40. The molecule has 2 rings (SSSR count). The number of aromatic nitrogens is 1. The lowest BCUT2D eigenvalue weighted by atomic mass is 10.2. The van der Waals surface area contributed by atoms with Crippen molar-refractivity contribution in [3.8, 4) is 0 Å². The van der Waals surface area contributed by atoms with E-state index in [4.69, 9.17) is 11.5 Å². The minimum Gasteiger partial charge on any atom is -0.397 e. The van der Waals surface area contributed by atoms with E-state index >= 15 is 0 Å². The third kappa shape index (κ3) is 3.73. The molecule has 6 nitrogen and oxygen atoms in total. The van der Waals surface area contributed by atoms with E-state index in [0.717, 1.165) is 11.2 Å². The first kappa shape index (κ1) is 15.3. The number of benzene rings is 1. The maximum Gasteiger partial charge on any atom is 0.251 e. The Morgan fingerprint density at radius 3 is 2.38 bits per heavy atom. The predicted octanol–water partition coefficient (Wildman–Crippen LogP) is 1.32. The van der Waals surface area contributed by atoms with E-state index in [9.17, 15) is 13.2 Å². The molecule has 1 aromatic carbocycles. The van der Waals surface area contributed by atoms with Crippen LogP contribution in [0.4, 0.5) is 5.69 Å². The second kappa shape index (κ2) is 5.74. The molecule has 1 aromatic heterocycles. The van der Waals surface area contributed by atoms with Crippen LogP contribution in [0.15, 0.2) is 51.3 Å². The molecule has 1 heterocycles. The highest BCUT2D eigenvalue weighted by Crippen LogP contribution is 2.30. The number of anilines is 1. The van der Waals surface area contributed by atoms with Crippen LogP contribution in [0.2, 0.25) is 0 Å². The Morgan fingerprint density at radius 2 is 1.86 bits per heavy atom. The highest BCUT2D eigenvalue weighted by atomic mass is 32.2. The molecule has 0 bridgehead atoms. The van der Waals surface area contributed by atoms with Crippen molar-refractivity contribution in [2.45, 2.75) is 14.8 Å². The van der Waals surface area contributed by atoms with Crippen LogP contribution >= 0.6 is 11.8 Å². The van der Waals surface area contributed by atoms with Gasteiger partial charge in [0.05, 0.1) is 22.3 Å². The number of rotatable bonds is 4. The Hall–Kier alpha value is -2.06. The molecule has 0 spiro atoms. The van der Waals surface area contributed by atoms with Gasteiger partial charge in [0.25, 0.3) is 5.91 Å². The smallest absolute Gasteiger partial charge is 0.251 e. The Kier molecular flexibility index (Phi) is 4.19. The van der Waals surface area contributed by atoms with E-state index in [0.29, 0.717) is 10.7 Å². The van der Waals surface area contributed by atoms with E-state index in [2.05, 4.69) is 4.98 Å². The molecule has 1 amide bonds. The molecule has 2 aromatic rings. The number of primary amides is 1. The van der Waals surface area contributed by atoms with Crippen molar-refractivity contribution in [1.29, 1.82) is 0 Å². The van der Waals surface area contributed by atoms with Crippen LogP contribution in [0.1, 0.15) is 10.4 Å². The molecule has 0 saturated carbocycles. The number of nitrogens with zero attached hydrogens (tertiary/aromatic N) is 1. The quantitative estimate of drug-likeness (QED) is 0.876. The first-order chi connectivity index (χ1) is 9.77. The van der Waals surface area contributed by atoms with Crippen molar-refractivity contribution in [2.24, 2.45) is 5.73 Å². The summed E-state index contributed by atoms with van der Waals surface area (Å²) in [6.07, 6.45) is 2.57. The van der Waals surface area contributed by atoms with Gasteiger partial charge in [-0.25, -0.2) is 13.4 Å². The molecule has 110 valence electrons. The molecule has 0 radical (unpaired) electrons. The summed E-state index contributed by atoms with van der Waals surface area (Å²) in [6, 6.07) is 7.74. The Balaban J connectivity index is 2.33. The summed E-state index contributed by atoms with van der Waals surface area (Å²) in [5.74, 6) is -0.620. The molecule has 0 unspecified atom stereocenters. The lowest BCUT2D eigenvalue weighted by Crippen LogP contribution is -2.13. The summed E-state index contributed by atoms with van der Waals surface area (Å²) in [4.78, 5) is 16.4. The highest BCUT2D eigenvalue weighted by molar-refractivity contribution is 7.99. The molecule has 0 aliphatic carbocycles. The van der Waals surface area contributed by atoms with E-state index in [-0.39, 0.29) is 10.5 Å². The normalized spacial score (nSPS) is 11.3. The fourth-order valence-corrected chi connectivity index (χ4v) is 3.09. The first-order valence-corrected chi connectivity index (χ1v) is 8.51. The number of hydrogen-bond donors (Lipinski definition) is 2. The lowest BCUT2D eigenvalue weighted by molar-refractivity contribution is 0.0997. The van der Waals surface area contributed by atoms with Gasteiger partial charge in [0, 0.05) is 11.2 Å². The van der Waals surface area contributed by atoms with Crippen LogP contribution in [-0.4, -0.2) is 25.6 Å². The van der Waals surface area contributed by atoms with Crippen LogP contribution in [0.5, 0.6) is 0 Å². The van der Waals surface area contributed by atoms with Crippen molar-refractivity contribution in [3.05, 3.63) is 42.1 Å². The summed E-state index contributed by atoms with van der Waals surface area (Å²) in [5.41, 5.74) is 11.4. The van der Waals surface area contributed by atoms with Crippen LogP contribution in [0.3, 0.4) is 0 Å². The summed E-state index contributed by atoms with van der Waals surface area (Å²) in [7, 11) is -3.24. The third-order valence-corrected chi connectivity index (χ3v) is 4.76. The molecule has 4 N–H and O–H groups in total. The number of carbonyl (C=O) groups is 1. The molecule has 21 heavy (non-hydrogen) atoms. The number of amides is 1. The molecule has 0 saturated heterocycles. The average molecular weight is 323 g/mol. The van der Waals surface area contributed by atoms with Gasteiger partial charge >= 0.3 is 0 Å². The van der Waals surface area contributed by atoms with Crippen LogP contribution < -0.4 is 11.5 Å². The number of pyridine rings is 1. The molecular formula is C13H13N3O3S2. The fourth-order valence-electron chi connectivity index (χ4n) is 1.59. The van der Waals surface area contributed by atoms with E-state index in [1.807, 2.05) is 0 Å². The highest BCUT2D eigenvalue weighted by Gasteiger charge is 2.12. The number of hydrogen-bond acceptors (Lipinski definition) is 6. The third-order valence-electron chi connectivity index (χ3n) is 2.60. The summed E-state index contributed by atoms with van der Waals surface area (Å²) in [6.45, 7) is 0. The minimum atomic E-state index is -3.24. The molecule has 8 heteroatoms. The zero-order valence-corrected chi connectivity index (χ0v) is 12.7. The molecular weight excluding hydrogens is 310 g/mol. The second-order valence-corrected chi connectivity index (χ2v) is 7.41. The summed E-state index contributed by atoms with van der Waals surface area (Å²) in [5, 5.41) is 0.420. The zero-order valence-electron chi connectivity index (χ0n) is 11.1. The fraction of sp³-hybridized carbons (Fsp3) is 0.0769. The Morgan fingerprint density at radius 1 is 1.24 bits per heavy atom. The molecule has 0 fully saturated rings. The topological polar surface area (TPSA) is 116 Å². The standard InChI is InChI=1S/C13H13N3O3S2/c1-21(18,19)10-4-2-9(3-5-10)20-13-11(12(15)17)6-8(14)7-16-13/h2-7H,14H2,1H3,(H2,15,17). The summed E-state index contributed by atoms with van der Waals surface area (Å²) < 4.78 is 22.8. The monoisotopic (exact) mass is 323 g/mol. The van der Waals surface area contributed by atoms with Gasteiger partial charge < -0.3 is 11.5 Å². The van der Waals surface area contributed by atoms with Gasteiger partial charge in [-0.3, -0.25) is 4.79 Å². The molecule has 0 atom stereocenters. The van der Waals surface area contributed by atoms with Gasteiger partial charge in [-0.2, -0.15) is 0 Å². The van der Waals surface area contributed by atoms with Gasteiger partial charge in [-0.05, 0) is 30.3 Å². The number of sulfone groups is 1. The largest absolute Gasteiger partial charge is 0.397 e. The van der Waals surface area contributed by atoms with Gasteiger partial charge in [0.2, 0.25) is 0 Å². The van der Waals surface area contributed by atoms with Crippen molar-refractivity contribution in [2.75, 3.05) is 12.0 Å². The number of nitrogens with two attached hydrogens (primary N) is 2. The van der Waals surface area contributed by atoms with Crippen molar-refractivity contribution in [1.82, 2.24) is 4.98 Å². The van der Waals surface area contributed by atoms with E-state index in [1.54, 1.807) is 12.1 Å². The van der Waals surface area contributed by atoms with Crippen molar-refractivity contribution in [3.63, 3.8) is 0 Å². The van der Waals surface area contributed by atoms with Crippen LogP contribution in [0, 0.1) is 0 Å². The number of nitrogen functional groups attached to an aromatic ring is 1. The van der Waals surface area contributed by atoms with Crippen molar-refractivity contribution >= 4 is 33.2 Å². The molecule has 0 aliphatic heterocycles. The predicted molar refractivity (Wildman–Crippen MR) is 80.8 cm³/mol. The summed E-state index contributed by atoms with van der Waals surface area (Å²) >= 11 is 1.21. The van der Waals surface area contributed by atoms with Crippen LogP contribution in [-0.2, 0) is 9.84 Å². The van der Waals surface area contributed by atoms with Gasteiger partial charge in [-0.15, -0.1) is 0 Å². The maximum atomic E-state index is 11.4. The van der Waals surface area contributed by atoms with Gasteiger partial charge in [-0.1, -0.05) is 11.8 Å². The van der Waals surface area contributed by atoms with Gasteiger partial charge in [0.1, 0.15) is 5.03 Å². The Labute approximate surface area is 126 Å². The molecule has 0 aliphatic rings. The number of carbonyl (C=O) groups excluding carboxylic acids is 1. The van der Waals surface area contributed by atoms with Gasteiger partial charge in [0.15, 0.2) is 9.84 Å². The van der Waals surface area contributed by atoms with E-state index in [1.165, 1.54) is 36.2 Å². The maximum absolute atomic E-state index is 11.4. The first-order valence-electron chi connectivity index (χ1n) is 5.80. The Bertz CT molecular complexity index is 787. The lowest BCUT2D eigenvalue weighted by Gasteiger charge is -2.07. The minimum absolute atomic E-state index is 0.229.